The Morgan fingerprint density at radius 3 is 2.75 bits per heavy atom. The highest BCUT2D eigenvalue weighted by atomic mass is 79.9. The predicted molar refractivity (Wildman–Crippen MR) is 69.3 cm³/mol. The second kappa shape index (κ2) is 5.32. The van der Waals surface area contributed by atoms with Gasteiger partial charge in [0.1, 0.15) is 0 Å². The van der Waals surface area contributed by atoms with Crippen LogP contribution in [0.1, 0.15) is 43.8 Å². The third kappa shape index (κ3) is 2.48. The van der Waals surface area contributed by atoms with Gasteiger partial charge in [-0.2, -0.15) is 5.10 Å². The molecule has 1 atom stereocenters. The first-order chi connectivity index (χ1) is 7.72. The van der Waals surface area contributed by atoms with Gasteiger partial charge in [0.15, 0.2) is 0 Å². The summed E-state index contributed by atoms with van der Waals surface area (Å²) in [5, 5.41) is 7.71. The summed E-state index contributed by atoms with van der Waals surface area (Å²) in [4.78, 5) is 0. The summed E-state index contributed by atoms with van der Waals surface area (Å²) in [5.74, 6) is 0.888. The number of nitrogens with one attached hydrogen (secondary N) is 1. The first-order valence-electron chi connectivity index (χ1n) is 6.07. The zero-order valence-corrected chi connectivity index (χ0v) is 11.6. The second-order valence-corrected chi connectivity index (χ2v) is 5.58. The van der Waals surface area contributed by atoms with E-state index in [2.05, 4.69) is 26.3 Å². The molecule has 0 aromatic carbocycles. The van der Waals surface area contributed by atoms with Gasteiger partial charge >= 0.3 is 0 Å². The smallest absolute Gasteiger partial charge is 0.0692 e. The molecule has 90 valence electrons. The van der Waals surface area contributed by atoms with E-state index in [9.17, 15) is 0 Å². The van der Waals surface area contributed by atoms with Crippen molar-refractivity contribution in [1.82, 2.24) is 15.1 Å². The summed E-state index contributed by atoms with van der Waals surface area (Å²) in [5.41, 5.74) is 1.27. The lowest BCUT2D eigenvalue weighted by Gasteiger charge is -2.20. The number of halogens is 1. The first-order valence-corrected chi connectivity index (χ1v) is 6.86. The average molecular weight is 286 g/mol. The van der Waals surface area contributed by atoms with Crippen molar-refractivity contribution in [1.29, 1.82) is 0 Å². The largest absolute Gasteiger partial charge is 0.312 e. The second-order valence-electron chi connectivity index (χ2n) is 4.73. The molecule has 1 aliphatic rings. The zero-order chi connectivity index (χ0) is 11.5. The van der Waals surface area contributed by atoms with Crippen LogP contribution in [0.15, 0.2) is 10.7 Å². The SMILES string of the molecule is CNC(CC1CCCC1)c1c(Br)cnn1C. The molecule has 1 saturated carbocycles. The van der Waals surface area contributed by atoms with Crippen molar-refractivity contribution in [2.24, 2.45) is 13.0 Å². The van der Waals surface area contributed by atoms with Crippen molar-refractivity contribution in [2.75, 3.05) is 7.05 Å². The number of rotatable bonds is 4. The lowest BCUT2D eigenvalue weighted by molar-refractivity contribution is 0.397. The minimum Gasteiger partial charge on any atom is -0.312 e. The van der Waals surface area contributed by atoms with Crippen LogP contribution in [0.25, 0.3) is 0 Å². The first kappa shape index (κ1) is 12.1. The van der Waals surface area contributed by atoms with Crippen LogP contribution in [0, 0.1) is 5.92 Å². The molecule has 2 rings (SSSR count). The van der Waals surface area contributed by atoms with Crippen molar-refractivity contribution in [2.45, 2.75) is 38.1 Å². The molecule has 1 N–H and O–H groups in total. The quantitative estimate of drug-likeness (QED) is 0.922. The third-order valence-corrected chi connectivity index (χ3v) is 4.27. The van der Waals surface area contributed by atoms with Gasteiger partial charge in [-0.25, -0.2) is 0 Å². The van der Waals surface area contributed by atoms with Crippen molar-refractivity contribution < 1.29 is 0 Å². The van der Waals surface area contributed by atoms with Crippen molar-refractivity contribution in [3.63, 3.8) is 0 Å². The molecule has 3 nitrogen and oxygen atoms in total. The standard InChI is InChI=1S/C12H20BrN3/c1-14-11(7-9-5-3-4-6-9)12-10(13)8-15-16(12)2/h8-9,11,14H,3-7H2,1-2H3. The van der Waals surface area contributed by atoms with E-state index in [0.29, 0.717) is 6.04 Å². The van der Waals surface area contributed by atoms with E-state index in [1.165, 1.54) is 37.8 Å². The fourth-order valence-corrected chi connectivity index (χ4v) is 3.38. The van der Waals surface area contributed by atoms with Crippen molar-refractivity contribution in [3.8, 4) is 0 Å². The lowest BCUT2D eigenvalue weighted by atomic mass is 9.96. The van der Waals surface area contributed by atoms with Gasteiger partial charge in [-0.3, -0.25) is 4.68 Å². The Bertz CT molecular complexity index is 323. The summed E-state index contributed by atoms with van der Waals surface area (Å²) >= 11 is 3.58. The highest BCUT2D eigenvalue weighted by Gasteiger charge is 2.23. The maximum Gasteiger partial charge on any atom is 0.0692 e. The molecule has 0 spiro atoms. The van der Waals surface area contributed by atoms with Crippen LogP contribution in [-0.2, 0) is 7.05 Å². The Hall–Kier alpha value is -0.350. The topological polar surface area (TPSA) is 29.9 Å². The van der Waals surface area contributed by atoms with Gasteiger partial charge in [0.25, 0.3) is 0 Å². The van der Waals surface area contributed by atoms with Crippen LogP contribution >= 0.6 is 15.9 Å². The van der Waals surface area contributed by atoms with Gasteiger partial charge in [0.05, 0.1) is 22.4 Å². The Kier molecular flexibility index (Phi) is 4.03. The highest BCUT2D eigenvalue weighted by Crippen LogP contribution is 2.34. The summed E-state index contributed by atoms with van der Waals surface area (Å²) in [7, 11) is 4.05. The van der Waals surface area contributed by atoms with E-state index in [4.69, 9.17) is 0 Å². The Morgan fingerprint density at radius 1 is 1.56 bits per heavy atom. The third-order valence-electron chi connectivity index (χ3n) is 3.66. The molecule has 1 aliphatic carbocycles. The van der Waals surface area contributed by atoms with Gasteiger partial charge < -0.3 is 5.32 Å². The van der Waals surface area contributed by atoms with E-state index >= 15 is 0 Å². The summed E-state index contributed by atoms with van der Waals surface area (Å²) < 4.78 is 3.09. The molecule has 0 amide bonds. The number of aromatic nitrogens is 2. The van der Waals surface area contributed by atoms with Crippen molar-refractivity contribution >= 4 is 15.9 Å². The molecular formula is C12H20BrN3. The Balaban J connectivity index is 2.09. The van der Waals surface area contributed by atoms with Gasteiger partial charge in [0.2, 0.25) is 0 Å². The van der Waals surface area contributed by atoms with Crippen LogP contribution in [0.2, 0.25) is 0 Å². The molecule has 1 aromatic heterocycles. The summed E-state index contributed by atoms with van der Waals surface area (Å²) in [6.45, 7) is 0. The number of nitrogens with zero attached hydrogens (tertiary/aromatic N) is 2. The van der Waals surface area contributed by atoms with Crippen LogP contribution in [0.4, 0.5) is 0 Å². The summed E-state index contributed by atoms with van der Waals surface area (Å²) in [6.07, 6.45) is 8.73. The van der Waals surface area contributed by atoms with Crippen LogP contribution in [0.3, 0.4) is 0 Å². The van der Waals surface area contributed by atoms with E-state index in [-0.39, 0.29) is 0 Å². The van der Waals surface area contributed by atoms with Gasteiger partial charge in [-0.05, 0) is 35.3 Å². The molecular weight excluding hydrogens is 266 g/mol. The average Bonchev–Trinajstić information content (AvgIpc) is 2.87. The maximum absolute atomic E-state index is 4.29. The molecule has 1 aromatic rings. The van der Waals surface area contributed by atoms with E-state index in [1.54, 1.807) is 0 Å². The molecule has 1 heterocycles. The highest BCUT2D eigenvalue weighted by molar-refractivity contribution is 9.10. The van der Waals surface area contributed by atoms with Crippen LogP contribution < -0.4 is 5.32 Å². The molecule has 1 unspecified atom stereocenters. The van der Waals surface area contributed by atoms with E-state index in [1.807, 2.05) is 25.0 Å². The molecule has 4 heteroatoms. The zero-order valence-electron chi connectivity index (χ0n) is 10.0. The number of hydrogen-bond acceptors (Lipinski definition) is 2. The molecule has 0 saturated heterocycles. The van der Waals surface area contributed by atoms with E-state index < -0.39 is 0 Å². The molecule has 16 heavy (non-hydrogen) atoms. The summed E-state index contributed by atoms with van der Waals surface area (Å²) in [6, 6.07) is 0.421. The predicted octanol–water partition coefficient (Wildman–Crippen LogP) is 3.02. The Morgan fingerprint density at radius 2 is 2.25 bits per heavy atom. The number of aryl methyl sites for hydroxylation is 1. The number of hydrogen-bond donors (Lipinski definition) is 1. The fraction of sp³-hybridized carbons (Fsp3) is 0.750. The fourth-order valence-electron chi connectivity index (χ4n) is 2.76. The van der Waals surface area contributed by atoms with Gasteiger partial charge in [-0.1, -0.05) is 25.7 Å². The van der Waals surface area contributed by atoms with Gasteiger partial charge in [-0.15, -0.1) is 0 Å². The van der Waals surface area contributed by atoms with Gasteiger partial charge in [0, 0.05) is 7.05 Å². The van der Waals surface area contributed by atoms with E-state index in [0.717, 1.165) is 10.4 Å². The van der Waals surface area contributed by atoms with Crippen LogP contribution in [0.5, 0.6) is 0 Å². The normalized spacial score (nSPS) is 19.2. The van der Waals surface area contributed by atoms with Crippen molar-refractivity contribution in [3.05, 3.63) is 16.4 Å². The lowest BCUT2D eigenvalue weighted by Crippen LogP contribution is -2.22. The molecule has 0 aliphatic heterocycles. The minimum atomic E-state index is 0.421. The van der Waals surface area contributed by atoms with Crippen LogP contribution in [-0.4, -0.2) is 16.8 Å². The molecule has 0 bridgehead atoms. The molecule has 0 radical (unpaired) electrons. The Labute approximate surface area is 106 Å². The maximum atomic E-state index is 4.29. The monoisotopic (exact) mass is 285 g/mol. The minimum absolute atomic E-state index is 0.421. The molecule has 1 fully saturated rings.